The molecule has 0 saturated carbocycles. The zero-order valence-electron chi connectivity index (χ0n) is 15.7. The maximum absolute atomic E-state index is 12.5. The topological polar surface area (TPSA) is 69.1 Å². The standard InChI is InChI=1S/C21H24N2O4/c1-3-27-18-10-8-17(9-11-18)22-20(24)14-23-13-16-7-5-4-6-15(16)12-19(23)21(25)26-2/h4-11,19H,3,12-14H2,1-2H3,(H,22,24)/p+1/t19-/m0/s1. The van der Waals surface area contributed by atoms with Gasteiger partial charge in [0.1, 0.15) is 12.3 Å². The van der Waals surface area contributed by atoms with E-state index in [-0.39, 0.29) is 24.5 Å². The summed E-state index contributed by atoms with van der Waals surface area (Å²) in [7, 11) is 1.39. The molecule has 1 heterocycles. The Morgan fingerprint density at radius 3 is 2.48 bits per heavy atom. The maximum atomic E-state index is 12.5. The number of hydrogen-bond donors (Lipinski definition) is 2. The number of ether oxygens (including phenoxy) is 2. The molecular formula is C21H25N2O4+. The molecule has 2 atom stereocenters. The summed E-state index contributed by atoms with van der Waals surface area (Å²) in [5.41, 5.74) is 3.01. The number of benzene rings is 2. The molecule has 0 spiro atoms. The lowest BCUT2D eigenvalue weighted by molar-refractivity contribution is -0.924. The van der Waals surface area contributed by atoms with Gasteiger partial charge in [0, 0.05) is 17.7 Å². The van der Waals surface area contributed by atoms with Gasteiger partial charge in [-0.25, -0.2) is 4.79 Å². The molecule has 142 valence electrons. The zero-order chi connectivity index (χ0) is 19.2. The van der Waals surface area contributed by atoms with Gasteiger partial charge in [-0.2, -0.15) is 0 Å². The van der Waals surface area contributed by atoms with Gasteiger partial charge in [-0.05, 0) is 36.8 Å². The maximum Gasteiger partial charge on any atom is 0.365 e. The molecule has 0 radical (unpaired) electrons. The highest BCUT2D eigenvalue weighted by Gasteiger charge is 2.37. The van der Waals surface area contributed by atoms with Gasteiger partial charge in [0.2, 0.25) is 0 Å². The Morgan fingerprint density at radius 2 is 1.81 bits per heavy atom. The number of anilines is 1. The van der Waals surface area contributed by atoms with Crippen LogP contribution in [-0.2, 0) is 27.3 Å². The molecular weight excluding hydrogens is 344 g/mol. The van der Waals surface area contributed by atoms with Crippen LogP contribution >= 0.6 is 0 Å². The number of hydrogen-bond acceptors (Lipinski definition) is 4. The SMILES string of the molecule is CCOc1ccc(NC(=O)C[NH+]2Cc3ccccc3C[C@H]2C(=O)OC)cc1. The van der Waals surface area contributed by atoms with E-state index in [1.165, 1.54) is 12.7 Å². The second-order valence-corrected chi connectivity index (χ2v) is 6.57. The van der Waals surface area contributed by atoms with Gasteiger partial charge < -0.3 is 19.7 Å². The van der Waals surface area contributed by atoms with Crippen molar-refractivity contribution in [3.63, 3.8) is 0 Å². The van der Waals surface area contributed by atoms with Crippen molar-refractivity contribution in [2.45, 2.75) is 25.9 Å². The van der Waals surface area contributed by atoms with Crippen LogP contribution < -0.4 is 15.0 Å². The minimum atomic E-state index is -0.379. The highest BCUT2D eigenvalue weighted by Crippen LogP contribution is 2.16. The third kappa shape index (κ3) is 4.65. The molecule has 0 fully saturated rings. The fourth-order valence-corrected chi connectivity index (χ4v) is 3.45. The van der Waals surface area contributed by atoms with E-state index >= 15 is 0 Å². The van der Waals surface area contributed by atoms with E-state index in [0.717, 1.165) is 16.2 Å². The zero-order valence-corrected chi connectivity index (χ0v) is 15.7. The quantitative estimate of drug-likeness (QED) is 0.751. The molecule has 2 aromatic rings. The van der Waals surface area contributed by atoms with Crippen molar-refractivity contribution in [1.29, 1.82) is 0 Å². The van der Waals surface area contributed by atoms with Crippen LogP contribution in [0.4, 0.5) is 5.69 Å². The highest BCUT2D eigenvalue weighted by atomic mass is 16.5. The Morgan fingerprint density at radius 1 is 1.11 bits per heavy atom. The second-order valence-electron chi connectivity index (χ2n) is 6.57. The molecule has 1 unspecified atom stereocenters. The van der Waals surface area contributed by atoms with E-state index < -0.39 is 0 Å². The average Bonchev–Trinajstić information content (AvgIpc) is 2.68. The van der Waals surface area contributed by atoms with Crippen molar-refractivity contribution >= 4 is 17.6 Å². The van der Waals surface area contributed by atoms with Crippen molar-refractivity contribution < 1.29 is 24.0 Å². The fraction of sp³-hybridized carbons (Fsp3) is 0.333. The van der Waals surface area contributed by atoms with E-state index in [2.05, 4.69) is 5.32 Å². The summed E-state index contributed by atoms with van der Waals surface area (Å²) in [4.78, 5) is 25.7. The van der Waals surface area contributed by atoms with Crippen LogP contribution in [0, 0.1) is 0 Å². The van der Waals surface area contributed by atoms with E-state index in [0.29, 0.717) is 25.3 Å². The van der Waals surface area contributed by atoms with Gasteiger partial charge in [0.15, 0.2) is 12.6 Å². The first-order valence-electron chi connectivity index (χ1n) is 9.12. The first-order chi connectivity index (χ1) is 13.1. The van der Waals surface area contributed by atoms with Gasteiger partial charge in [-0.1, -0.05) is 24.3 Å². The molecule has 6 nitrogen and oxygen atoms in total. The summed E-state index contributed by atoms with van der Waals surface area (Å²) in [5.74, 6) is 0.343. The number of rotatable bonds is 6. The number of carbonyl (C=O) groups is 2. The van der Waals surface area contributed by atoms with Crippen LogP contribution in [0.15, 0.2) is 48.5 Å². The minimum absolute atomic E-state index is 0.137. The van der Waals surface area contributed by atoms with Crippen LogP contribution in [-0.4, -0.2) is 38.2 Å². The van der Waals surface area contributed by atoms with Crippen molar-refractivity contribution in [2.24, 2.45) is 0 Å². The summed E-state index contributed by atoms with van der Waals surface area (Å²) in [6.07, 6.45) is 0.578. The Hall–Kier alpha value is -2.86. The summed E-state index contributed by atoms with van der Waals surface area (Å²) in [5, 5.41) is 2.89. The molecule has 6 heteroatoms. The number of methoxy groups -OCH3 is 1. The van der Waals surface area contributed by atoms with Gasteiger partial charge in [0.25, 0.3) is 5.91 Å². The third-order valence-electron chi connectivity index (χ3n) is 4.78. The molecule has 2 N–H and O–H groups in total. The average molecular weight is 369 g/mol. The van der Waals surface area contributed by atoms with E-state index in [4.69, 9.17) is 9.47 Å². The minimum Gasteiger partial charge on any atom is -0.494 e. The van der Waals surface area contributed by atoms with Crippen LogP contribution in [0.3, 0.4) is 0 Å². The Kier molecular flexibility index (Phi) is 6.08. The van der Waals surface area contributed by atoms with Gasteiger partial charge >= 0.3 is 5.97 Å². The molecule has 1 amide bonds. The second kappa shape index (κ2) is 8.68. The number of carbonyl (C=O) groups excluding carboxylic acids is 2. The summed E-state index contributed by atoms with van der Waals surface area (Å²) in [6.45, 7) is 3.33. The molecule has 0 bridgehead atoms. The summed E-state index contributed by atoms with van der Waals surface area (Å²) >= 11 is 0. The van der Waals surface area contributed by atoms with Gasteiger partial charge in [-0.15, -0.1) is 0 Å². The Bertz CT molecular complexity index is 804. The van der Waals surface area contributed by atoms with Crippen LogP contribution in [0.1, 0.15) is 18.1 Å². The normalized spacial score (nSPS) is 18.3. The summed E-state index contributed by atoms with van der Waals surface area (Å²) < 4.78 is 10.4. The first-order valence-corrected chi connectivity index (χ1v) is 9.12. The predicted molar refractivity (Wildman–Crippen MR) is 102 cm³/mol. The number of fused-ring (bicyclic) bond motifs is 1. The van der Waals surface area contributed by atoms with E-state index in [9.17, 15) is 9.59 Å². The molecule has 0 aromatic heterocycles. The molecule has 2 aromatic carbocycles. The van der Waals surface area contributed by atoms with Crippen LogP contribution in [0.2, 0.25) is 0 Å². The molecule has 3 rings (SSSR count). The molecule has 0 saturated heterocycles. The Balaban J connectivity index is 1.68. The molecule has 1 aliphatic heterocycles. The smallest absolute Gasteiger partial charge is 0.365 e. The predicted octanol–water partition coefficient (Wildman–Crippen LogP) is 1.21. The van der Waals surface area contributed by atoms with Crippen molar-refractivity contribution in [1.82, 2.24) is 0 Å². The lowest BCUT2D eigenvalue weighted by Gasteiger charge is -2.31. The highest BCUT2D eigenvalue weighted by molar-refractivity contribution is 5.91. The molecule has 0 aliphatic carbocycles. The van der Waals surface area contributed by atoms with Gasteiger partial charge in [0.05, 0.1) is 13.7 Å². The van der Waals surface area contributed by atoms with E-state index in [1.54, 1.807) is 0 Å². The van der Waals surface area contributed by atoms with Crippen molar-refractivity contribution in [3.8, 4) is 5.75 Å². The number of esters is 1. The van der Waals surface area contributed by atoms with Crippen LogP contribution in [0.5, 0.6) is 5.75 Å². The van der Waals surface area contributed by atoms with Crippen molar-refractivity contribution in [3.05, 3.63) is 59.7 Å². The molecule has 27 heavy (non-hydrogen) atoms. The number of quaternary nitrogens is 1. The van der Waals surface area contributed by atoms with Gasteiger partial charge in [-0.3, -0.25) is 4.79 Å². The third-order valence-corrected chi connectivity index (χ3v) is 4.78. The largest absolute Gasteiger partial charge is 0.494 e. The lowest BCUT2D eigenvalue weighted by atomic mass is 9.94. The van der Waals surface area contributed by atoms with Crippen molar-refractivity contribution in [2.75, 3.05) is 25.6 Å². The van der Waals surface area contributed by atoms with Crippen LogP contribution in [0.25, 0.3) is 0 Å². The first kappa shape index (κ1) is 18.9. The lowest BCUT2D eigenvalue weighted by Crippen LogP contribution is -3.17. The molecule has 1 aliphatic rings. The number of amides is 1. The monoisotopic (exact) mass is 369 g/mol. The fourth-order valence-electron chi connectivity index (χ4n) is 3.45. The number of nitrogens with one attached hydrogen (secondary N) is 2. The Labute approximate surface area is 159 Å². The van der Waals surface area contributed by atoms with E-state index in [1.807, 2.05) is 55.5 Å². The summed E-state index contributed by atoms with van der Waals surface area (Å²) in [6, 6.07) is 14.9.